The second-order valence-corrected chi connectivity index (χ2v) is 5.11. The van der Waals surface area contributed by atoms with E-state index in [1.54, 1.807) is 6.20 Å². The van der Waals surface area contributed by atoms with Gasteiger partial charge in [-0.15, -0.1) is 0 Å². The van der Waals surface area contributed by atoms with Gasteiger partial charge in [0.05, 0.1) is 5.75 Å². The third-order valence-electron chi connectivity index (χ3n) is 2.77. The molecule has 1 aromatic heterocycles. The van der Waals surface area contributed by atoms with Gasteiger partial charge in [-0.2, -0.15) is 0 Å². The van der Waals surface area contributed by atoms with E-state index in [1.807, 2.05) is 6.07 Å². The maximum atomic E-state index is 10.5. The van der Waals surface area contributed by atoms with Gasteiger partial charge >= 0.3 is 5.97 Å². The van der Waals surface area contributed by atoms with Crippen molar-refractivity contribution in [2.24, 2.45) is 0 Å². The number of hydrogen-bond donors (Lipinski definition) is 1. The van der Waals surface area contributed by atoms with E-state index in [4.69, 9.17) is 5.11 Å². The predicted molar refractivity (Wildman–Crippen MR) is 70.1 cm³/mol. The van der Waals surface area contributed by atoms with Crippen LogP contribution >= 0.6 is 11.8 Å². The number of anilines is 1. The number of carbonyl (C=O) groups is 1. The SMILES string of the molecule is CN1CCN(c2ccnc(SCC(=O)O)n2)CC1. The van der Waals surface area contributed by atoms with E-state index in [0.29, 0.717) is 5.16 Å². The summed E-state index contributed by atoms with van der Waals surface area (Å²) in [7, 11) is 2.10. The number of carboxylic acids is 1. The van der Waals surface area contributed by atoms with Crippen LogP contribution in [-0.2, 0) is 4.79 Å². The van der Waals surface area contributed by atoms with Gasteiger partial charge in [0.25, 0.3) is 0 Å². The van der Waals surface area contributed by atoms with E-state index in [-0.39, 0.29) is 5.75 Å². The lowest BCUT2D eigenvalue weighted by molar-refractivity contribution is -0.133. The van der Waals surface area contributed by atoms with E-state index in [0.717, 1.165) is 43.8 Å². The Morgan fingerprint density at radius 2 is 2.17 bits per heavy atom. The smallest absolute Gasteiger partial charge is 0.313 e. The summed E-state index contributed by atoms with van der Waals surface area (Å²) >= 11 is 1.15. The molecule has 0 unspecified atom stereocenters. The van der Waals surface area contributed by atoms with Crippen LogP contribution in [0.1, 0.15) is 0 Å². The molecule has 1 aliphatic heterocycles. The van der Waals surface area contributed by atoms with E-state index in [2.05, 4.69) is 26.8 Å². The van der Waals surface area contributed by atoms with Crippen LogP contribution in [-0.4, -0.2) is 64.9 Å². The van der Waals surface area contributed by atoms with Crippen LogP contribution < -0.4 is 4.90 Å². The fourth-order valence-corrected chi connectivity index (χ4v) is 2.29. The molecule has 1 N–H and O–H groups in total. The Labute approximate surface area is 110 Å². The van der Waals surface area contributed by atoms with Crippen molar-refractivity contribution >= 4 is 23.5 Å². The van der Waals surface area contributed by atoms with Crippen molar-refractivity contribution < 1.29 is 9.90 Å². The largest absolute Gasteiger partial charge is 0.481 e. The molecule has 1 aliphatic rings. The highest BCUT2D eigenvalue weighted by atomic mass is 32.2. The Morgan fingerprint density at radius 1 is 1.44 bits per heavy atom. The molecular formula is C11H16N4O2S. The van der Waals surface area contributed by atoms with Gasteiger partial charge in [-0.3, -0.25) is 4.79 Å². The van der Waals surface area contributed by atoms with Gasteiger partial charge in [-0.05, 0) is 13.1 Å². The van der Waals surface area contributed by atoms with Crippen molar-refractivity contribution in [3.8, 4) is 0 Å². The van der Waals surface area contributed by atoms with Gasteiger partial charge in [-0.25, -0.2) is 9.97 Å². The molecule has 0 amide bonds. The average Bonchev–Trinajstić information content (AvgIpc) is 2.37. The standard InChI is InChI=1S/C11H16N4O2S/c1-14-4-6-15(7-5-14)9-2-3-12-11(13-9)18-8-10(16)17/h2-3H,4-8H2,1H3,(H,16,17). The van der Waals surface area contributed by atoms with Crippen LogP contribution in [0, 0.1) is 0 Å². The highest BCUT2D eigenvalue weighted by molar-refractivity contribution is 7.99. The Hall–Kier alpha value is -1.34. The lowest BCUT2D eigenvalue weighted by atomic mass is 10.3. The maximum absolute atomic E-state index is 10.5. The lowest BCUT2D eigenvalue weighted by Gasteiger charge is -2.33. The van der Waals surface area contributed by atoms with Gasteiger partial charge in [0.1, 0.15) is 5.82 Å². The zero-order valence-corrected chi connectivity index (χ0v) is 11.1. The van der Waals surface area contributed by atoms with E-state index < -0.39 is 5.97 Å². The van der Waals surface area contributed by atoms with Crippen molar-refractivity contribution in [3.05, 3.63) is 12.3 Å². The number of nitrogens with zero attached hydrogens (tertiary/aromatic N) is 4. The van der Waals surface area contributed by atoms with Crippen molar-refractivity contribution in [1.29, 1.82) is 0 Å². The summed E-state index contributed by atoms with van der Waals surface area (Å²) in [4.78, 5) is 23.4. The fraction of sp³-hybridized carbons (Fsp3) is 0.545. The van der Waals surface area contributed by atoms with E-state index >= 15 is 0 Å². The lowest BCUT2D eigenvalue weighted by Crippen LogP contribution is -2.44. The summed E-state index contributed by atoms with van der Waals surface area (Å²) in [6, 6.07) is 1.87. The summed E-state index contributed by atoms with van der Waals surface area (Å²) in [5, 5.41) is 9.15. The minimum Gasteiger partial charge on any atom is -0.481 e. The number of hydrogen-bond acceptors (Lipinski definition) is 6. The van der Waals surface area contributed by atoms with Crippen LogP contribution in [0.3, 0.4) is 0 Å². The number of rotatable bonds is 4. The van der Waals surface area contributed by atoms with Crippen LogP contribution in [0.15, 0.2) is 17.4 Å². The number of aromatic nitrogens is 2. The summed E-state index contributed by atoms with van der Waals surface area (Å²) in [5.74, 6) is 0.0197. The van der Waals surface area contributed by atoms with Crippen molar-refractivity contribution in [3.63, 3.8) is 0 Å². The number of piperazine rings is 1. The predicted octanol–water partition coefficient (Wildman–Crippen LogP) is 0.405. The molecule has 2 rings (SSSR count). The van der Waals surface area contributed by atoms with Gasteiger partial charge in [0, 0.05) is 32.4 Å². The van der Waals surface area contributed by atoms with Crippen LogP contribution in [0.2, 0.25) is 0 Å². The van der Waals surface area contributed by atoms with E-state index in [9.17, 15) is 4.79 Å². The Morgan fingerprint density at radius 3 is 2.83 bits per heavy atom. The quantitative estimate of drug-likeness (QED) is 0.626. The van der Waals surface area contributed by atoms with Crippen LogP contribution in [0.5, 0.6) is 0 Å². The number of likely N-dealkylation sites (N-methyl/N-ethyl adjacent to an activating group) is 1. The minimum absolute atomic E-state index is 0.00775. The average molecular weight is 268 g/mol. The molecule has 0 aromatic carbocycles. The van der Waals surface area contributed by atoms with Gasteiger partial charge in [-0.1, -0.05) is 11.8 Å². The molecule has 7 heteroatoms. The zero-order valence-electron chi connectivity index (χ0n) is 10.2. The third kappa shape index (κ3) is 3.58. The first-order valence-electron chi connectivity index (χ1n) is 5.76. The summed E-state index contributed by atoms with van der Waals surface area (Å²) < 4.78 is 0. The number of aliphatic carboxylic acids is 1. The molecule has 0 atom stereocenters. The number of carboxylic acid groups (broad SMARTS) is 1. The van der Waals surface area contributed by atoms with Gasteiger partial charge < -0.3 is 14.9 Å². The van der Waals surface area contributed by atoms with Gasteiger partial charge in [0.15, 0.2) is 5.16 Å². The highest BCUT2D eigenvalue weighted by Crippen LogP contribution is 2.18. The number of thioether (sulfide) groups is 1. The molecular weight excluding hydrogens is 252 g/mol. The van der Waals surface area contributed by atoms with Crippen molar-refractivity contribution in [2.45, 2.75) is 5.16 Å². The molecule has 1 saturated heterocycles. The Balaban J connectivity index is 2.00. The Bertz CT molecular complexity index is 421. The van der Waals surface area contributed by atoms with Crippen LogP contribution in [0.25, 0.3) is 0 Å². The second-order valence-electron chi connectivity index (χ2n) is 4.17. The van der Waals surface area contributed by atoms with Crippen molar-refractivity contribution in [1.82, 2.24) is 14.9 Å². The molecule has 0 saturated carbocycles. The van der Waals surface area contributed by atoms with Crippen molar-refractivity contribution in [2.75, 3.05) is 43.9 Å². The first-order valence-corrected chi connectivity index (χ1v) is 6.75. The molecule has 0 bridgehead atoms. The Kier molecular flexibility index (Phi) is 4.38. The topological polar surface area (TPSA) is 69.6 Å². The fourth-order valence-electron chi connectivity index (χ4n) is 1.74. The molecule has 0 aliphatic carbocycles. The summed E-state index contributed by atoms with van der Waals surface area (Å²) in [6.07, 6.45) is 1.69. The first kappa shape index (κ1) is 13.1. The molecule has 1 aromatic rings. The van der Waals surface area contributed by atoms with Gasteiger partial charge in [0.2, 0.25) is 0 Å². The molecule has 0 radical (unpaired) electrons. The molecule has 98 valence electrons. The molecule has 0 spiro atoms. The normalized spacial score (nSPS) is 16.8. The minimum atomic E-state index is -0.853. The maximum Gasteiger partial charge on any atom is 0.313 e. The van der Waals surface area contributed by atoms with Crippen LogP contribution in [0.4, 0.5) is 5.82 Å². The third-order valence-corrected chi connectivity index (χ3v) is 3.62. The molecule has 18 heavy (non-hydrogen) atoms. The second kappa shape index (κ2) is 6.01. The summed E-state index contributed by atoms with van der Waals surface area (Å²) in [6.45, 7) is 3.91. The molecule has 6 nitrogen and oxygen atoms in total. The molecule has 2 heterocycles. The highest BCUT2D eigenvalue weighted by Gasteiger charge is 2.15. The summed E-state index contributed by atoms with van der Waals surface area (Å²) in [5.41, 5.74) is 0. The monoisotopic (exact) mass is 268 g/mol. The first-order chi connectivity index (χ1) is 8.65. The van der Waals surface area contributed by atoms with E-state index in [1.165, 1.54) is 0 Å². The molecule has 1 fully saturated rings. The zero-order chi connectivity index (χ0) is 13.0.